The molecule has 1 fully saturated rings. The Bertz CT molecular complexity index is 414. The molecule has 0 saturated carbocycles. The Kier molecular flexibility index (Phi) is 3.24. The minimum atomic E-state index is -0.600. The van der Waals surface area contributed by atoms with Crippen molar-refractivity contribution in [2.75, 3.05) is 6.61 Å². The number of halogens is 2. The molecule has 1 unspecified atom stereocenters. The highest BCUT2D eigenvalue weighted by molar-refractivity contribution is 6.30. The van der Waals surface area contributed by atoms with Crippen LogP contribution in [0.25, 0.3) is 0 Å². The molecule has 1 aliphatic heterocycles. The molecular formula is C10H10ClFN2O2. The lowest BCUT2D eigenvalue weighted by molar-refractivity contribution is -0.119. The summed E-state index contributed by atoms with van der Waals surface area (Å²) in [5.41, 5.74) is 0. The fraction of sp³-hybridized carbons (Fsp3) is 0.400. The largest absolute Gasteiger partial charge is 0.473 e. The Hall–Kier alpha value is -1.36. The molecule has 4 nitrogen and oxygen atoms in total. The van der Waals surface area contributed by atoms with Crippen LogP contribution in [0.3, 0.4) is 0 Å². The van der Waals surface area contributed by atoms with E-state index in [4.69, 9.17) is 16.3 Å². The second kappa shape index (κ2) is 4.65. The van der Waals surface area contributed by atoms with Crippen LogP contribution in [0.15, 0.2) is 12.3 Å². The number of aromatic nitrogens is 1. The smallest absolute Gasteiger partial charge is 0.250 e. The number of amides is 1. The summed E-state index contributed by atoms with van der Waals surface area (Å²) >= 11 is 5.55. The summed E-state index contributed by atoms with van der Waals surface area (Å²) in [4.78, 5) is 14.6. The fourth-order valence-corrected chi connectivity index (χ4v) is 1.63. The van der Waals surface area contributed by atoms with Gasteiger partial charge in [0.1, 0.15) is 6.61 Å². The number of carbonyl (C=O) groups is 1. The van der Waals surface area contributed by atoms with Crippen LogP contribution >= 0.6 is 11.6 Å². The number of rotatable bonds is 3. The molecule has 0 aromatic carbocycles. The molecule has 86 valence electrons. The molecule has 0 aliphatic carbocycles. The van der Waals surface area contributed by atoms with Crippen molar-refractivity contribution in [3.8, 4) is 5.88 Å². The molecular weight excluding hydrogens is 235 g/mol. The fourth-order valence-electron chi connectivity index (χ4n) is 1.49. The van der Waals surface area contributed by atoms with E-state index in [0.717, 1.165) is 6.07 Å². The number of nitrogens with zero attached hydrogens (tertiary/aromatic N) is 1. The number of pyridine rings is 1. The van der Waals surface area contributed by atoms with Crippen molar-refractivity contribution in [3.05, 3.63) is 23.1 Å². The van der Waals surface area contributed by atoms with Crippen molar-refractivity contribution in [2.24, 2.45) is 0 Å². The van der Waals surface area contributed by atoms with Gasteiger partial charge in [-0.3, -0.25) is 4.79 Å². The minimum Gasteiger partial charge on any atom is -0.473 e. The quantitative estimate of drug-likeness (QED) is 0.877. The van der Waals surface area contributed by atoms with E-state index in [9.17, 15) is 9.18 Å². The molecule has 0 spiro atoms. The van der Waals surface area contributed by atoms with Crippen molar-refractivity contribution < 1.29 is 13.9 Å². The maximum Gasteiger partial charge on any atom is 0.250 e. The number of hydrogen-bond donors (Lipinski definition) is 1. The van der Waals surface area contributed by atoms with Gasteiger partial charge in [-0.1, -0.05) is 11.6 Å². The lowest BCUT2D eigenvalue weighted by Gasteiger charge is -2.11. The third kappa shape index (κ3) is 2.61. The summed E-state index contributed by atoms with van der Waals surface area (Å²) in [6.07, 6.45) is 2.51. The first-order valence-electron chi connectivity index (χ1n) is 4.88. The number of carbonyl (C=O) groups excluding carboxylic acids is 1. The van der Waals surface area contributed by atoms with Crippen molar-refractivity contribution in [3.63, 3.8) is 0 Å². The van der Waals surface area contributed by atoms with Crippen LogP contribution in [0, 0.1) is 5.82 Å². The van der Waals surface area contributed by atoms with Gasteiger partial charge in [0.05, 0.1) is 11.1 Å². The van der Waals surface area contributed by atoms with Crippen molar-refractivity contribution in [1.82, 2.24) is 10.3 Å². The Morgan fingerprint density at radius 2 is 2.50 bits per heavy atom. The third-order valence-electron chi connectivity index (χ3n) is 2.28. The molecule has 1 amide bonds. The zero-order valence-electron chi connectivity index (χ0n) is 8.37. The maximum absolute atomic E-state index is 13.2. The van der Waals surface area contributed by atoms with E-state index < -0.39 is 5.82 Å². The number of nitrogens with one attached hydrogen (secondary N) is 1. The lowest BCUT2D eigenvalue weighted by Crippen LogP contribution is -2.31. The molecule has 1 aromatic heterocycles. The SMILES string of the molecule is O=C1CCC(COc2ncc(Cl)cc2F)N1. The molecule has 1 saturated heterocycles. The van der Waals surface area contributed by atoms with Crippen molar-refractivity contribution >= 4 is 17.5 Å². The summed E-state index contributed by atoms with van der Waals surface area (Å²) in [6, 6.07) is 1.07. The lowest BCUT2D eigenvalue weighted by atomic mass is 10.2. The zero-order valence-corrected chi connectivity index (χ0v) is 9.13. The van der Waals surface area contributed by atoms with Crippen molar-refractivity contribution in [1.29, 1.82) is 0 Å². The van der Waals surface area contributed by atoms with Crippen LogP contribution < -0.4 is 10.1 Å². The van der Waals surface area contributed by atoms with E-state index >= 15 is 0 Å². The Balaban J connectivity index is 1.92. The van der Waals surface area contributed by atoms with Gasteiger partial charge in [-0.25, -0.2) is 9.37 Å². The standard InChI is InChI=1S/C10H10ClFN2O2/c11-6-3-8(12)10(13-4-6)16-5-7-1-2-9(15)14-7/h3-4,7H,1-2,5H2,(H,14,15). The predicted octanol–water partition coefficient (Wildman–Crippen LogP) is 1.53. The molecule has 1 aliphatic rings. The number of ether oxygens (including phenoxy) is 1. The third-order valence-corrected chi connectivity index (χ3v) is 2.49. The molecule has 16 heavy (non-hydrogen) atoms. The summed E-state index contributed by atoms with van der Waals surface area (Å²) in [5, 5.41) is 2.94. The average Bonchev–Trinajstić information content (AvgIpc) is 2.63. The molecule has 1 N–H and O–H groups in total. The topological polar surface area (TPSA) is 51.2 Å². The summed E-state index contributed by atoms with van der Waals surface area (Å²) in [6.45, 7) is 0.220. The van der Waals surface area contributed by atoms with E-state index in [1.54, 1.807) is 0 Å². The van der Waals surface area contributed by atoms with Crippen molar-refractivity contribution in [2.45, 2.75) is 18.9 Å². The summed E-state index contributed by atoms with van der Waals surface area (Å²) in [5.74, 6) is -0.694. The number of hydrogen-bond acceptors (Lipinski definition) is 3. The second-order valence-electron chi connectivity index (χ2n) is 3.55. The molecule has 2 rings (SSSR count). The highest BCUT2D eigenvalue weighted by Crippen LogP contribution is 2.18. The molecule has 2 heterocycles. The van der Waals surface area contributed by atoms with Crippen LogP contribution in [0.5, 0.6) is 5.88 Å². The first kappa shape index (κ1) is 11.1. The van der Waals surface area contributed by atoms with Gasteiger partial charge in [0.25, 0.3) is 5.88 Å². The summed E-state index contributed by atoms with van der Waals surface area (Å²) < 4.78 is 18.4. The van der Waals surface area contributed by atoms with Gasteiger partial charge in [0, 0.05) is 12.6 Å². The molecule has 6 heteroatoms. The van der Waals surface area contributed by atoms with Crippen LogP contribution in [0.1, 0.15) is 12.8 Å². The normalized spacial score (nSPS) is 19.6. The zero-order chi connectivity index (χ0) is 11.5. The van der Waals surface area contributed by atoms with Gasteiger partial charge < -0.3 is 10.1 Å². The second-order valence-corrected chi connectivity index (χ2v) is 3.99. The molecule has 1 atom stereocenters. The van der Waals surface area contributed by atoms with Crippen LogP contribution in [0.4, 0.5) is 4.39 Å². The summed E-state index contributed by atoms with van der Waals surface area (Å²) in [7, 11) is 0. The highest BCUT2D eigenvalue weighted by atomic mass is 35.5. The highest BCUT2D eigenvalue weighted by Gasteiger charge is 2.21. The Labute approximate surface area is 96.8 Å². The van der Waals surface area contributed by atoms with E-state index in [1.807, 2.05) is 0 Å². The average molecular weight is 245 g/mol. The van der Waals surface area contributed by atoms with E-state index in [1.165, 1.54) is 6.20 Å². The van der Waals surface area contributed by atoms with Crippen LogP contribution in [-0.2, 0) is 4.79 Å². The van der Waals surface area contributed by atoms with E-state index in [-0.39, 0.29) is 29.5 Å². The molecule has 0 bridgehead atoms. The van der Waals surface area contributed by atoms with Gasteiger partial charge in [-0.15, -0.1) is 0 Å². The van der Waals surface area contributed by atoms with Gasteiger partial charge in [-0.2, -0.15) is 0 Å². The Morgan fingerprint density at radius 1 is 1.69 bits per heavy atom. The van der Waals surface area contributed by atoms with E-state index in [0.29, 0.717) is 12.8 Å². The predicted molar refractivity (Wildman–Crippen MR) is 55.9 cm³/mol. The van der Waals surface area contributed by atoms with E-state index in [2.05, 4.69) is 10.3 Å². The molecule has 0 radical (unpaired) electrons. The van der Waals surface area contributed by atoms with Gasteiger partial charge in [0.2, 0.25) is 5.91 Å². The monoisotopic (exact) mass is 244 g/mol. The Morgan fingerprint density at radius 3 is 3.12 bits per heavy atom. The van der Waals surface area contributed by atoms with Crippen LogP contribution in [-0.4, -0.2) is 23.5 Å². The van der Waals surface area contributed by atoms with Gasteiger partial charge in [0.15, 0.2) is 5.82 Å². The molecule has 1 aromatic rings. The first-order valence-corrected chi connectivity index (χ1v) is 5.26. The van der Waals surface area contributed by atoms with Gasteiger partial charge >= 0.3 is 0 Å². The maximum atomic E-state index is 13.2. The minimum absolute atomic E-state index is 0.00172. The first-order chi connectivity index (χ1) is 7.65. The van der Waals surface area contributed by atoms with Gasteiger partial charge in [-0.05, 0) is 12.5 Å². The van der Waals surface area contributed by atoms with Crippen LogP contribution in [0.2, 0.25) is 5.02 Å².